The van der Waals surface area contributed by atoms with Gasteiger partial charge in [-0.1, -0.05) is 0 Å². The molecule has 0 unspecified atom stereocenters. The van der Waals surface area contributed by atoms with Gasteiger partial charge in [-0.2, -0.15) is 30.7 Å². The molecule has 0 fully saturated rings. The Morgan fingerprint density at radius 2 is 1.30 bits per heavy atom. The van der Waals surface area contributed by atoms with Gasteiger partial charge in [0.25, 0.3) is 0 Å². The Morgan fingerprint density at radius 1 is 0.900 bits per heavy atom. The standard InChI is InChI=1S/C5H2BF7O6.Li.H/c7-3(8,4(9,10)11)5(12,13)18-1(14)2(15)19-6(16)17;;/h16-17H;;. The van der Waals surface area contributed by atoms with Gasteiger partial charge in [0.2, 0.25) is 0 Å². The maximum absolute atomic E-state index is 12.4. The van der Waals surface area contributed by atoms with Gasteiger partial charge >= 0.3 is 56.3 Å². The summed E-state index contributed by atoms with van der Waals surface area (Å²) < 4.78 is 89.3. The van der Waals surface area contributed by atoms with E-state index in [0.29, 0.717) is 0 Å². The third-order valence-electron chi connectivity index (χ3n) is 1.32. The predicted octanol–water partition coefficient (Wildman–Crippen LogP) is -0.816. The van der Waals surface area contributed by atoms with Gasteiger partial charge in [-0.3, -0.25) is 0 Å². The van der Waals surface area contributed by atoms with E-state index in [0.717, 1.165) is 0 Å². The van der Waals surface area contributed by atoms with Crippen LogP contribution in [0.3, 0.4) is 0 Å². The number of rotatable bonds is 3. The van der Waals surface area contributed by atoms with Crippen LogP contribution in [0.5, 0.6) is 0 Å². The van der Waals surface area contributed by atoms with Gasteiger partial charge in [0, 0.05) is 0 Å². The SMILES string of the molecule is O=C(OB(O)O)C(=O)OC(F)(F)C(F)(F)C(F)(F)F.[LiH]. The van der Waals surface area contributed by atoms with Crippen LogP contribution in [0.4, 0.5) is 30.7 Å². The van der Waals surface area contributed by atoms with Gasteiger partial charge in [-0.15, -0.1) is 0 Å². The second-order valence-electron chi connectivity index (χ2n) is 2.71. The summed E-state index contributed by atoms with van der Waals surface area (Å²) in [6, 6.07) is 0. The van der Waals surface area contributed by atoms with Gasteiger partial charge < -0.3 is 19.4 Å². The van der Waals surface area contributed by atoms with Crippen LogP contribution in [0.1, 0.15) is 0 Å². The molecule has 0 amide bonds. The summed E-state index contributed by atoms with van der Waals surface area (Å²) in [7, 11) is -2.99. The molecule has 0 aromatic carbocycles. The monoisotopic (exact) mass is 310 g/mol. The van der Waals surface area contributed by atoms with E-state index in [-0.39, 0.29) is 18.9 Å². The Balaban J connectivity index is 0. The van der Waals surface area contributed by atoms with Crippen molar-refractivity contribution in [2.45, 2.75) is 18.2 Å². The second-order valence-corrected chi connectivity index (χ2v) is 2.71. The van der Waals surface area contributed by atoms with E-state index in [2.05, 4.69) is 9.39 Å². The first-order valence-electron chi connectivity index (χ1n) is 3.85. The third kappa shape index (κ3) is 4.85. The molecule has 0 saturated carbocycles. The summed E-state index contributed by atoms with van der Waals surface area (Å²) in [4.78, 5) is 20.7. The van der Waals surface area contributed by atoms with Gasteiger partial charge in [0.05, 0.1) is 0 Å². The molecule has 0 radical (unpaired) electrons. The molecule has 0 aliphatic carbocycles. The van der Waals surface area contributed by atoms with Crippen molar-refractivity contribution in [1.29, 1.82) is 0 Å². The summed E-state index contributed by atoms with van der Waals surface area (Å²) in [5.41, 5.74) is 0. The number of halogens is 7. The van der Waals surface area contributed by atoms with E-state index in [1.807, 2.05) is 0 Å². The van der Waals surface area contributed by atoms with Crippen LogP contribution in [-0.2, 0) is 19.0 Å². The molecule has 112 valence electrons. The number of carbonyl (C=O) groups is 2. The van der Waals surface area contributed by atoms with Crippen molar-refractivity contribution in [1.82, 2.24) is 0 Å². The van der Waals surface area contributed by atoms with Crippen LogP contribution in [0.25, 0.3) is 0 Å². The fraction of sp³-hybridized carbons (Fsp3) is 0.600. The second kappa shape index (κ2) is 6.66. The molecule has 15 heteroatoms. The summed E-state index contributed by atoms with van der Waals surface area (Å²) in [5.74, 6) is -12.4. The van der Waals surface area contributed by atoms with Crippen molar-refractivity contribution in [3.05, 3.63) is 0 Å². The Hall–Kier alpha value is -0.968. The minimum absolute atomic E-state index is 0. The first-order valence-corrected chi connectivity index (χ1v) is 3.85. The molecule has 20 heavy (non-hydrogen) atoms. The predicted molar refractivity (Wildman–Crippen MR) is 45.5 cm³/mol. The number of esters is 1. The van der Waals surface area contributed by atoms with Crippen molar-refractivity contribution >= 4 is 38.1 Å². The molecule has 0 saturated heterocycles. The van der Waals surface area contributed by atoms with E-state index < -0.39 is 37.5 Å². The first-order chi connectivity index (χ1) is 8.22. The molecule has 0 spiro atoms. The molecule has 0 bridgehead atoms. The van der Waals surface area contributed by atoms with Crippen molar-refractivity contribution in [3.63, 3.8) is 0 Å². The van der Waals surface area contributed by atoms with E-state index in [1.165, 1.54) is 0 Å². The molecule has 0 aliphatic rings. The maximum atomic E-state index is 12.4. The Kier molecular flexibility index (Phi) is 7.10. The van der Waals surface area contributed by atoms with Crippen LogP contribution in [0.2, 0.25) is 0 Å². The molecule has 0 aromatic rings. The van der Waals surface area contributed by atoms with Crippen molar-refractivity contribution in [2.24, 2.45) is 0 Å². The molecular weight excluding hydrogens is 307 g/mol. The molecule has 0 atom stereocenters. The van der Waals surface area contributed by atoms with E-state index >= 15 is 0 Å². The molecule has 0 aliphatic heterocycles. The van der Waals surface area contributed by atoms with Crippen LogP contribution < -0.4 is 0 Å². The van der Waals surface area contributed by atoms with Gasteiger partial charge in [-0.05, 0) is 0 Å². The fourth-order valence-corrected chi connectivity index (χ4v) is 0.531. The zero-order valence-electron chi connectivity index (χ0n) is 8.25. The molecule has 2 N–H and O–H groups in total. The van der Waals surface area contributed by atoms with E-state index in [9.17, 15) is 40.3 Å². The zero-order valence-corrected chi connectivity index (χ0v) is 8.25. The summed E-state index contributed by atoms with van der Waals surface area (Å²) >= 11 is 0. The van der Waals surface area contributed by atoms with Crippen molar-refractivity contribution in [3.8, 4) is 0 Å². The summed E-state index contributed by atoms with van der Waals surface area (Å²) in [6.07, 6.45) is -13.2. The molecule has 6 nitrogen and oxygen atoms in total. The summed E-state index contributed by atoms with van der Waals surface area (Å²) in [6.45, 7) is 0. The topological polar surface area (TPSA) is 93.1 Å². The van der Waals surface area contributed by atoms with Gasteiger partial charge in [0.1, 0.15) is 0 Å². The number of alkyl halides is 7. The Morgan fingerprint density at radius 3 is 1.60 bits per heavy atom. The van der Waals surface area contributed by atoms with Crippen LogP contribution >= 0.6 is 0 Å². The van der Waals surface area contributed by atoms with E-state index in [4.69, 9.17) is 10.0 Å². The van der Waals surface area contributed by atoms with Crippen LogP contribution in [0.15, 0.2) is 0 Å². The number of hydrogen-bond acceptors (Lipinski definition) is 6. The minimum atomic E-state index is -6.77. The fourth-order valence-electron chi connectivity index (χ4n) is 0.531. The molecular formula is C5H3BF7LiO6. The Bertz CT molecular complexity index is 371. The van der Waals surface area contributed by atoms with Gasteiger partial charge in [-0.25, -0.2) is 9.59 Å². The first kappa shape index (κ1) is 21.3. The number of ether oxygens (including phenoxy) is 1. The van der Waals surface area contributed by atoms with Crippen LogP contribution in [0, 0.1) is 0 Å². The van der Waals surface area contributed by atoms with Crippen molar-refractivity contribution in [2.75, 3.05) is 0 Å². The van der Waals surface area contributed by atoms with Crippen LogP contribution in [-0.4, -0.2) is 66.4 Å². The zero-order chi connectivity index (χ0) is 15.6. The third-order valence-corrected chi connectivity index (χ3v) is 1.32. The average molecular weight is 310 g/mol. The van der Waals surface area contributed by atoms with Gasteiger partial charge in [0.15, 0.2) is 0 Å². The van der Waals surface area contributed by atoms with E-state index in [1.54, 1.807) is 0 Å². The number of carbonyl (C=O) groups excluding carboxylic acids is 2. The molecule has 0 heterocycles. The molecule has 0 rings (SSSR count). The summed E-state index contributed by atoms with van der Waals surface area (Å²) in [5, 5.41) is 15.9. The normalized spacial score (nSPS) is 12.2. The van der Waals surface area contributed by atoms with Crippen molar-refractivity contribution < 1.29 is 59.8 Å². The number of hydrogen-bond donors (Lipinski definition) is 2. The Labute approximate surface area is 117 Å². The quantitative estimate of drug-likeness (QED) is 0.306. The average Bonchev–Trinajstić information content (AvgIpc) is 2.13. The molecule has 0 aromatic heterocycles.